The standard InChI is InChI=1S/C17H27N/c1-13(2)10-15-6-8-17(9-7-15)12-18-14(3)11-16-4-5-16/h6-9,13-14,16,18H,4-5,10-12H2,1-3H3. The highest BCUT2D eigenvalue weighted by Gasteiger charge is 2.23. The summed E-state index contributed by atoms with van der Waals surface area (Å²) >= 11 is 0. The van der Waals surface area contributed by atoms with Crippen LogP contribution in [-0.4, -0.2) is 6.04 Å². The molecule has 1 saturated carbocycles. The molecule has 18 heavy (non-hydrogen) atoms. The van der Waals surface area contributed by atoms with E-state index in [1.807, 2.05) is 0 Å². The van der Waals surface area contributed by atoms with Gasteiger partial charge >= 0.3 is 0 Å². The Morgan fingerprint density at radius 3 is 2.22 bits per heavy atom. The lowest BCUT2D eigenvalue weighted by Gasteiger charge is -2.13. The molecule has 0 radical (unpaired) electrons. The Morgan fingerprint density at radius 1 is 1.06 bits per heavy atom. The van der Waals surface area contributed by atoms with Crippen molar-refractivity contribution in [1.29, 1.82) is 0 Å². The second-order valence-electron chi connectivity index (χ2n) is 6.38. The fourth-order valence-electron chi connectivity index (χ4n) is 2.49. The van der Waals surface area contributed by atoms with Gasteiger partial charge in [0, 0.05) is 12.6 Å². The first-order valence-corrected chi connectivity index (χ1v) is 7.44. The SMILES string of the molecule is CC(C)Cc1ccc(CNC(C)CC2CC2)cc1. The van der Waals surface area contributed by atoms with Crippen LogP contribution in [0.25, 0.3) is 0 Å². The molecule has 100 valence electrons. The molecule has 1 aromatic carbocycles. The summed E-state index contributed by atoms with van der Waals surface area (Å²) in [7, 11) is 0. The highest BCUT2D eigenvalue weighted by Crippen LogP contribution is 2.33. The lowest BCUT2D eigenvalue weighted by molar-refractivity contribution is 0.487. The number of nitrogens with one attached hydrogen (secondary N) is 1. The fraction of sp³-hybridized carbons (Fsp3) is 0.647. The third kappa shape index (κ3) is 4.81. The van der Waals surface area contributed by atoms with Crippen molar-refractivity contribution in [3.8, 4) is 0 Å². The highest BCUT2D eigenvalue weighted by atomic mass is 14.9. The number of benzene rings is 1. The maximum Gasteiger partial charge on any atom is 0.0207 e. The van der Waals surface area contributed by atoms with Gasteiger partial charge in [-0.1, -0.05) is 51.0 Å². The molecule has 0 heterocycles. The van der Waals surface area contributed by atoms with Gasteiger partial charge in [0.25, 0.3) is 0 Å². The van der Waals surface area contributed by atoms with Crippen molar-refractivity contribution < 1.29 is 0 Å². The van der Waals surface area contributed by atoms with Gasteiger partial charge in [0.1, 0.15) is 0 Å². The predicted octanol–water partition coefficient (Wildman–Crippen LogP) is 4.16. The molecule has 0 bridgehead atoms. The fourth-order valence-corrected chi connectivity index (χ4v) is 2.49. The summed E-state index contributed by atoms with van der Waals surface area (Å²) in [5, 5.41) is 3.63. The maximum atomic E-state index is 3.63. The average Bonchev–Trinajstić information content (AvgIpc) is 3.11. The van der Waals surface area contributed by atoms with Gasteiger partial charge in [-0.15, -0.1) is 0 Å². The first kappa shape index (κ1) is 13.6. The minimum atomic E-state index is 0.660. The number of rotatable bonds is 7. The number of hydrogen-bond acceptors (Lipinski definition) is 1. The molecule has 1 unspecified atom stereocenters. The molecule has 1 atom stereocenters. The van der Waals surface area contributed by atoms with Gasteiger partial charge in [-0.2, -0.15) is 0 Å². The van der Waals surface area contributed by atoms with Crippen LogP contribution in [0.1, 0.15) is 51.2 Å². The van der Waals surface area contributed by atoms with Gasteiger partial charge in [-0.3, -0.25) is 0 Å². The molecule has 0 saturated heterocycles. The van der Waals surface area contributed by atoms with E-state index in [2.05, 4.69) is 50.4 Å². The molecular formula is C17H27N. The Hall–Kier alpha value is -0.820. The van der Waals surface area contributed by atoms with Gasteiger partial charge in [0.05, 0.1) is 0 Å². The normalized spacial score (nSPS) is 17.1. The Balaban J connectivity index is 1.74. The molecule has 1 aliphatic carbocycles. The quantitative estimate of drug-likeness (QED) is 0.760. The van der Waals surface area contributed by atoms with Crippen LogP contribution in [0.15, 0.2) is 24.3 Å². The lowest BCUT2D eigenvalue weighted by atomic mass is 10.0. The zero-order chi connectivity index (χ0) is 13.0. The van der Waals surface area contributed by atoms with Crippen molar-refractivity contribution in [3.05, 3.63) is 35.4 Å². The van der Waals surface area contributed by atoms with E-state index in [4.69, 9.17) is 0 Å². The zero-order valence-electron chi connectivity index (χ0n) is 12.1. The first-order chi connectivity index (χ1) is 8.63. The van der Waals surface area contributed by atoms with E-state index in [9.17, 15) is 0 Å². The molecule has 1 N–H and O–H groups in total. The second-order valence-corrected chi connectivity index (χ2v) is 6.38. The summed E-state index contributed by atoms with van der Waals surface area (Å²) < 4.78 is 0. The van der Waals surface area contributed by atoms with Gasteiger partial charge < -0.3 is 5.32 Å². The van der Waals surface area contributed by atoms with Crippen LogP contribution in [0, 0.1) is 11.8 Å². The lowest BCUT2D eigenvalue weighted by Crippen LogP contribution is -2.25. The first-order valence-electron chi connectivity index (χ1n) is 7.44. The van der Waals surface area contributed by atoms with Crippen molar-refractivity contribution in [2.45, 2.75) is 59.0 Å². The predicted molar refractivity (Wildman–Crippen MR) is 78.6 cm³/mol. The van der Waals surface area contributed by atoms with E-state index < -0.39 is 0 Å². The van der Waals surface area contributed by atoms with Gasteiger partial charge in [-0.25, -0.2) is 0 Å². The molecule has 1 aliphatic rings. The molecule has 0 aliphatic heterocycles. The van der Waals surface area contributed by atoms with Crippen LogP contribution in [0.4, 0.5) is 0 Å². The summed E-state index contributed by atoms with van der Waals surface area (Å²) in [4.78, 5) is 0. The Kier molecular flexibility index (Phi) is 4.82. The summed E-state index contributed by atoms with van der Waals surface area (Å²) in [6.45, 7) is 7.87. The Morgan fingerprint density at radius 2 is 1.67 bits per heavy atom. The van der Waals surface area contributed by atoms with E-state index in [0.29, 0.717) is 6.04 Å². The molecule has 0 aromatic heterocycles. The highest BCUT2D eigenvalue weighted by molar-refractivity contribution is 5.22. The van der Waals surface area contributed by atoms with Gasteiger partial charge in [0.2, 0.25) is 0 Å². The van der Waals surface area contributed by atoms with E-state index >= 15 is 0 Å². The van der Waals surface area contributed by atoms with Crippen molar-refractivity contribution in [2.24, 2.45) is 11.8 Å². The molecule has 1 fully saturated rings. The van der Waals surface area contributed by atoms with E-state index in [1.165, 1.54) is 36.8 Å². The minimum absolute atomic E-state index is 0.660. The number of hydrogen-bond donors (Lipinski definition) is 1. The van der Waals surface area contributed by atoms with Gasteiger partial charge in [0.15, 0.2) is 0 Å². The molecule has 0 spiro atoms. The maximum absolute atomic E-state index is 3.63. The van der Waals surface area contributed by atoms with Crippen molar-refractivity contribution in [1.82, 2.24) is 5.32 Å². The summed E-state index contributed by atoms with van der Waals surface area (Å²) in [6, 6.07) is 9.77. The summed E-state index contributed by atoms with van der Waals surface area (Å²) in [5.74, 6) is 1.76. The van der Waals surface area contributed by atoms with Crippen molar-refractivity contribution >= 4 is 0 Å². The van der Waals surface area contributed by atoms with Crippen LogP contribution in [-0.2, 0) is 13.0 Å². The van der Waals surface area contributed by atoms with E-state index in [1.54, 1.807) is 0 Å². The van der Waals surface area contributed by atoms with E-state index in [0.717, 1.165) is 18.4 Å². The van der Waals surface area contributed by atoms with Crippen molar-refractivity contribution in [2.75, 3.05) is 0 Å². The zero-order valence-corrected chi connectivity index (χ0v) is 12.1. The van der Waals surface area contributed by atoms with Crippen LogP contribution < -0.4 is 5.32 Å². The Bertz CT molecular complexity index is 348. The summed E-state index contributed by atoms with van der Waals surface area (Å²) in [5.41, 5.74) is 2.87. The summed E-state index contributed by atoms with van der Waals surface area (Å²) in [6.07, 6.45) is 5.45. The molecule has 2 rings (SSSR count). The third-order valence-corrected chi connectivity index (χ3v) is 3.71. The molecule has 1 heteroatoms. The average molecular weight is 245 g/mol. The molecule has 1 nitrogen and oxygen atoms in total. The smallest absolute Gasteiger partial charge is 0.0207 e. The van der Waals surface area contributed by atoms with Crippen LogP contribution >= 0.6 is 0 Å². The van der Waals surface area contributed by atoms with Crippen molar-refractivity contribution in [3.63, 3.8) is 0 Å². The van der Waals surface area contributed by atoms with Crippen LogP contribution in [0.3, 0.4) is 0 Å². The van der Waals surface area contributed by atoms with E-state index in [-0.39, 0.29) is 0 Å². The third-order valence-electron chi connectivity index (χ3n) is 3.71. The monoisotopic (exact) mass is 245 g/mol. The molecule has 1 aromatic rings. The second kappa shape index (κ2) is 6.38. The minimum Gasteiger partial charge on any atom is -0.310 e. The van der Waals surface area contributed by atoms with Crippen LogP contribution in [0.5, 0.6) is 0 Å². The topological polar surface area (TPSA) is 12.0 Å². The van der Waals surface area contributed by atoms with Gasteiger partial charge in [-0.05, 0) is 42.7 Å². The van der Waals surface area contributed by atoms with Crippen LogP contribution in [0.2, 0.25) is 0 Å². The largest absolute Gasteiger partial charge is 0.310 e. The molecule has 0 amide bonds. The Labute approximate surface area is 112 Å². The molecular weight excluding hydrogens is 218 g/mol.